The summed E-state index contributed by atoms with van der Waals surface area (Å²) in [5.74, 6) is -0.155. The lowest BCUT2D eigenvalue weighted by atomic mass is 10.3. The summed E-state index contributed by atoms with van der Waals surface area (Å²) in [5, 5.41) is 2.09. The molecule has 1 aromatic carbocycles. The summed E-state index contributed by atoms with van der Waals surface area (Å²) in [5.41, 5.74) is -0.0216. The average molecular weight is 267 g/mol. The molecule has 0 spiro atoms. The summed E-state index contributed by atoms with van der Waals surface area (Å²) in [6.45, 7) is 0.180. The Hall–Kier alpha value is -1.24. The van der Waals surface area contributed by atoms with Crippen LogP contribution in [0.4, 0.5) is 18.9 Å². The number of alkyl halides is 3. The van der Waals surface area contributed by atoms with Crippen molar-refractivity contribution in [3.05, 3.63) is 24.3 Å². The van der Waals surface area contributed by atoms with Crippen molar-refractivity contribution in [1.82, 2.24) is 0 Å². The second kappa shape index (κ2) is 4.95. The molecule has 0 aliphatic heterocycles. The van der Waals surface area contributed by atoms with E-state index < -0.39 is 22.6 Å². The molecule has 0 aliphatic carbocycles. The van der Waals surface area contributed by atoms with Crippen molar-refractivity contribution in [3.8, 4) is 0 Å². The van der Waals surface area contributed by atoms with Gasteiger partial charge in [-0.15, -0.1) is 0 Å². The van der Waals surface area contributed by atoms with Gasteiger partial charge in [0.2, 0.25) is 0 Å². The summed E-state index contributed by atoms with van der Waals surface area (Å²) in [7, 11) is -3.53. The SMILES string of the molecule is CCS(=O)(=O)c1ccccc1NCC(F)(F)F. The summed E-state index contributed by atoms with van der Waals surface area (Å²) in [6, 6.07) is 5.56. The number of hydrogen-bond acceptors (Lipinski definition) is 3. The second-order valence-electron chi connectivity index (χ2n) is 3.37. The number of sulfone groups is 1. The second-order valence-corrected chi connectivity index (χ2v) is 5.61. The molecule has 0 unspecified atom stereocenters. The molecule has 7 heteroatoms. The van der Waals surface area contributed by atoms with Crippen LogP contribution in [0, 0.1) is 0 Å². The molecule has 0 fully saturated rings. The van der Waals surface area contributed by atoms with E-state index >= 15 is 0 Å². The van der Waals surface area contributed by atoms with Crippen molar-refractivity contribution >= 4 is 15.5 Å². The smallest absolute Gasteiger partial charge is 0.375 e. The highest BCUT2D eigenvalue weighted by Crippen LogP contribution is 2.24. The number of rotatable bonds is 4. The molecule has 0 atom stereocenters. The first kappa shape index (κ1) is 13.8. The topological polar surface area (TPSA) is 46.2 Å². The van der Waals surface area contributed by atoms with Crippen molar-refractivity contribution in [2.45, 2.75) is 18.0 Å². The zero-order valence-corrected chi connectivity index (χ0v) is 9.90. The fourth-order valence-corrected chi connectivity index (χ4v) is 2.31. The zero-order valence-electron chi connectivity index (χ0n) is 9.08. The van der Waals surface area contributed by atoms with Crippen molar-refractivity contribution in [2.24, 2.45) is 0 Å². The molecular weight excluding hydrogens is 255 g/mol. The Balaban J connectivity index is 3.02. The van der Waals surface area contributed by atoms with E-state index in [-0.39, 0.29) is 16.3 Å². The Labute approximate surface area is 97.6 Å². The highest BCUT2D eigenvalue weighted by Gasteiger charge is 2.27. The van der Waals surface area contributed by atoms with Gasteiger partial charge in [0.1, 0.15) is 6.54 Å². The van der Waals surface area contributed by atoms with Gasteiger partial charge in [-0.2, -0.15) is 13.2 Å². The third-order valence-electron chi connectivity index (χ3n) is 2.08. The van der Waals surface area contributed by atoms with E-state index in [1.165, 1.54) is 31.2 Å². The van der Waals surface area contributed by atoms with Crippen LogP contribution in [0.25, 0.3) is 0 Å². The first-order chi connectivity index (χ1) is 7.76. The first-order valence-corrected chi connectivity index (χ1v) is 6.54. The van der Waals surface area contributed by atoms with Gasteiger partial charge in [-0.1, -0.05) is 19.1 Å². The molecule has 1 rings (SSSR count). The van der Waals surface area contributed by atoms with Gasteiger partial charge in [-0.25, -0.2) is 8.42 Å². The Bertz CT molecular complexity index is 483. The van der Waals surface area contributed by atoms with Crippen LogP contribution in [0.15, 0.2) is 29.2 Å². The lowest BCUT2D eigenvalue weighted by Crippen LogP contribution is -2.22. The molecule has 0 radical (unpaired) electrons. The van der Waals surface area contributed by atoms with Crippen LogP contribution >= 0.6 is 0 Å². The minimum Gasteiger partial charge on any atom is -0.375 e. The summed E-state index contributed by atoms with van der Waals surface area (Å²) in [6.07, 6.45) is -4.39. The largest absolute Gasteiger partial charge is 0.405 e. The minimum atomic E-state index is -4.39. The van der Waals surface area contributed by atoms with Crippen LogP contribution in [0.3, 0.4) is 0 Å². The Kier molecular flexibility index (Phi) is 4.03. The van der Waals surface area contributed by atoms with Gasteiger partial charge in [0, 0.05) is 0 Å². The third kappa shape index (κ3) is 3.92. The maximum absolute atomic E-state index is 12.0. The first-order valence-electron chi connectivity index (χ1n) is 4.88. The quantitative estimate of drug-likeness (QED) is 0.911. The molecule has 1 N–H and O–H groups in total. The molecule has 0 saturated heterocycles. The van der Waals surface area contributed by atoms with Crippen molar-refractivity contribution < 1.29 is 21.6 Å². The third-order valence-corrected chi connectivity index (χ3v) is 3.87. The van der Waals surface area contributed by atoms with Gasteiger partial charge in [0.15, 0.2) is 9.84 Å². The van der Waals surface area contributed by atoms with E-state index in [4.69, 9.17) is 0 Å². The van der Waals surface area contributed by atoms with E-state index in [0.717, 1.165) is 0 Å². The lowest BCUT2D eigenvalue weighted by Gasteiger charge is -2.13. The fourth-order valence-electron chi connectivity index (χ4n) is 1.23. The normalized spacial score (nSPS) is 12.5. The molecule has 1 aromatic rings. The number of nitrogens with one attached hydrogen (secondary N) is 1. The van der Waals surface area contributed by atoms with E-state index in [0.29, 0.717) is 0 Å². The molecule has 17 heavy (non-hydrogen) atoms. The summed E-state index contributed by atoms with van der Waals surface area (Å²) in [4.78, 5) is -0.105. The summed E-state index contributed by atoms with van der Waals surface area (Å²) < 4.78 is 59.4. The summed E-state index contributed by atoms with van der Waals surface area (Å²) >= 11 is 0. The van der Waals surface area contributed by atoms with E-state index in [9.17, 15) is 21.6 Å². The van der Waals surface area contributed by atoms with Gasteiger partial charge in [0.05, 0.1) is 16.3 Å². The average Bonchev–Trinajstić information content (AvgIpc) is 2.26. The van der Waals surface area contributed by atoms with Crippen LogP contribution in [-0.4, -0.2) is 26.9 Å². The predicted molar refractivity (Wildman–Crippen MR) is 58.7 cm³/mol. The number of halogens is 3. The Morgan fingerprint density at radius 2 is 1.82 bits per heavy atom. The van der Waals surface area contributed by atoms with Crippen LogP contribution in [0.5, 0.6) is 0 Å². The van der Waals surface area contributed by atoms with Crippen LogP contribution < -0.4 is 5.32 Å². The molecule has 3 nitrogen and oxygen atoms in total. The van der Waals surface area contributed by atoms with Crippen LogP contribution in [0.2, 0.25) is 0 Å². The van der Waals surface area contributed by atoms with Crippen molar-refractivity contribution in [2.75, 3.05) is 17.6 Å². The molecule has 0 saturated carbocycles. The highest BCUT2D eigenvalue weighted by molar-refractivity contribution is 7.91. The predicted octanol–water partition coefficient (Wildman–Crippen LogP) is 2.45. The lowest BCUT2D eigenvalue weighted by molar-refractivity contribution is -0.115. The Morgan fingerprint density at radius 3 is 2.35 bits per heavy atom. The van der Waals surface area contributed by atoms with Crippen molar-refractivity contribution in [3.63, 3.8) is 0 Å². The molecule has 0 bridgehead atoms. The Morgan fingerprint density at radius 1 is 1.24 bits per heavy atom. The van der Waals surface area contributed by atoms with Gasteiger partial charge in [0.25, 0.3) is 0 Å². The highest BCUT2D eigenvalue weighted by atomic mass is 32.2. The molecule has 96 valence electrons. The minimum absolute atomic E-state index is 0.0216. The van der Waals surface area contributed by atoms with Crippen LogP contribution in [0.1, 0.15) is 6.92 Å². The van der Waals surface area contributed by atoms with E-state index in [1.54, 1.807) is 0 Å². The van der Waals surface area contributed by atoms with Crippen molar-refractivity contribution in [1.29, 1.82) is 0 Å². The van der Waals surface area contributed by atoms with Gasteiger partial charge < -0.3 is 5.32 Å². The standard InChI is InChI=1S/C10H12F3NO2S/c1-2-17(15,16)9-6-4-3-5-8(9)14-7-10(11,12)13/h3-6,14H,2,7H2,1H3. The van der Waals surface area contributed by atoms with E-state index in [2.05, 4.69) is 5.32 Å². The van der Waals surface area contributed by atoms with Gasteiger partial charge >= 0.3 is 6.18 Å². The molecule has 0 heterocycles. The fraction of sp³-hybridized carbons (Fsp3) is 0.400. The molecular formula is C10H12F3NO2S. The van der Waals surface area contributed by atoms with Gasteiger partial charge in [-0.3, -0.25) is 0 Å². The molecule has 0 aliphatic rings. The van der Waals surface area contributed by atoms with E-state index in [1.807, 2.05) is 0 Å². The number of benzene rings is 1. The number of anilines is 1. The zero-order chi connectivity index (χ0) is 13.1. The number of para-hydroxylation sites is 1. The monoisotopic (exact) mass is 267 g/mol. The number of hydrogen-bond donors (Lipinski definition) is 1. The van der Waals surface area contributed by atoms with Gasteiger partial charge in [-0.05, 0) is 12.1 Å². The molecule has 0 amide bonds. The molecule has 0 aromatic heterocycles. The maximum Gasteiger partial charge on any atom is 0.405 e. The maximum atomic E-state index is 12.0. The van der Waals surface area contributed by atoms with Crippen LogP contribution in [-0.2, 0) is 9.84 Å².